The molecule has 2 aromatic rings. The maximum atomic E-state index is 14.4. The monoisotopic (exact) mass is 360 g/mol. The molecule has 0 amide bonds. The topological polar surface area (TPSA) is 0 Å². The third-order valence-electron chi connectivity index (χ3n) is 3.46. The van der Waals surface area contributed by atoms with Crippen LogP contribution in [0.15, 0.2) is 48.5 Å². The number of benzene rings is 2. The van der Waals surface area contributed by atoms with Crippen molar-refractivity contribution in [1.29, 1.82) is 0 Å². The first kappa shape index (κ1) is 16.0. The molecule has 0 aliphatic carbocycles. The molecule has 0 aromatic heterocycles. The van der Waals surface area contributed by atoms with Gasteiger partial charge in [-0.1, -0.05) is 64.5 Å². The smallest absolute Gasteiger partial charge is 0.194 e. The second kappa shape index (κ2) is 5.79. The van der Waals surface area contributed by atoms with E-state index in [-0.39, 0.29) is 5.56 Å². The quantitative estimate of drug-likeness (QED) is 0.479. The van der Waals surface area contributed by atoms with Gasteiger partial charge in [-0.05, 0) is 18.1 Å². The van der Waals surface area contributed by atoms with Crippen molar-refractivity contribution in [3.63, 3.8) is 0 Å². The SMILES string of the molecule is Cc1c(CBr)cccc1C(F)(F)C(F)(F)c1ccccc1. The number of hydrogen-bond donors (Lipinski definition) is 0. The van der Waals surface area contributed by atoms with Gasteiger partial charge in [0.05, 0.1) is 0 Å². The first-order chi connectivity index (χ1) is 9.82. The third kappa shape index (κ3) is 2.71. The molecule has 0 N–H and O–H groups in total. The van der Waals surface area contributed by atoms with Gasteiger partial charge in [-0.2, -0.15) is 17.6 Å². The van der Waals surface area contributed by atoms with Gasteiger partial charge in [0.15, 0.2) is 0 Å². The van der Waals surface area contributed by atoms with Gasteiger partial charge in [0.1, 0.15) is 0 Å². The lowest BCUT2D eigenvalue weighted by Gasteiger charge is -2.29. The van der Waals surface area contributed by atoms with Crippen molar-refractivity contribution in [2.75, 3.05) is 0 Å². The standard InChI is InChI=1S/C16H13BrF4/c1-11-12(10-17)6-5-9-14(11)16(20,21)15(18,19)13-7-3-2-4-8-13/h2-9H,10H2,1H3. The lowest BCUT2D eigenvalue weighted by molar-refractivity contribution is -0.224. The van der Waals surface area contributed by atoms with Gasteiger partial charge in [-0.25, -0.2) is 0 Å². The minimum Gasteiger partial charge on any atom is -0.194 e. The number of hydrogen-bond acceptors (Lipinski definition) is 0. The number of rotatable bonds is 4. The Hall–Kier alpha value is -1.36. The van der Waals surface area contributed by atoms with Crippen molar-refractivity contribution < 1.29 is 17.6 Å². The van der Waals surface area contributed by atoms with E-state index in [1.54, 1.807) is 6.07 Å². The molecule has 0 radical (unpaired) electrons. The Morgan fingerprint density at radius 1 is 0.857 bits per heavy atom. The molecule has 2 rings (SSSR count). The highest BCUT2D eigenvalue weighted by Gasteiger charge is 2.58. The fourth-order valence-electron chi connectivity index (χ4n) is 2.17. The summed E-state index contributed by atoms with van der Waals surface area (Å²) >= 11 is 3.17. The van der Waals surface area contributed by atoms with Crippen molar-refractivity contribution in [3.05, 3.63) is 70.8 Å². The van der Waals surface area contributed by atoms with Gasteiger partial charge in [-0.15, -0.1) is 0 Å². The van der Waals surface area contributed by atoms with Gasteiger partial charge in [0.25, 0.3) is 0 Å². The van der Waals surface area contributed by atoms with Gasteiger partial charge >= 0.3 is 11.8 Å². The predicted molar refractivity (Wildman–Crippen MR) is 78.0 cm³/mol. The Bertz CT molecular complexity index is 623. The van der Waals surface area contributed by atoms with Crippen LogP contribution in [-0.4, -0.2) is 0 Å². The molecule has 0 aliphatic heterocycles. The van der Waals surface area contributed by atoms with Crippen LogP contribution in [0.2, 0.25) is 0 Å². The van der Waals surface area contributed by atoms with E-state index >= 15 is 0 Å². The van der Waals surface area contributed by atoms with Crippen molar-refractivity contribution in [2.24, 2.45) is 0 Å². The minimum absolute atomic E-state index is 0.176. The van der Waals surface area contributed by atoms with Gasteiger partial charge in [-0.3, -0.25) is 0 Å². The number of halogens is 5. The number of alkyl halides is 5. The fraction of sp³-hybridized carbons (Fsp3) is 0.250. The molecule has 2 aromatic carbocycles. The van der Waals surface area contributed by atoms with Crippen molar-refractivity contribution in [1.82, 2.24) is 0 Å². The Labute approximate surface area is 128 Å². The van der Waals surface area contributed by atoms with Crippen LogP contribution in [0.1, 0.15) is 22.3 Å². The highest BCUT2D eigenvalue weighted by atomic mass is 79.9. The Balaban J connectivity index is 2.56. The summed E-state index contributed by atoms with van der Waals surface area (Å²) in [6.45, 7) is 1.43. The van der Waals surface area contributed by atoms with E-state index in [1.807, 2.05) is 0 Å². The van der Waals surface area contributed by atoms with E-state index in [1.165, 1.54) is 31.2 Å². The first-order valence-corrected chi connectivity index (χ1v) is 7.40. The average molecular weight is 361 g/mol. The molecule has 21 heavy (non-hydrogen) atoms. The molecule has 0 aliphatic rings. The van der Waals surface area contributed by atoms with Crippen LogP contribution in [0.25, 0.3) is 0 Å². The van der Waals surface area contributed by atoms with E-state index in [4.69, 9.17) is 0 Å². The lowest BCUT2D eigenvalue weighted by atomic mass is 9.91. The van der Waals surface area contributed by atoms with E-state index < -0.39 is 23.0 Å². The maximum absolute atomic E-state index is 14.4. The summed E-state index contributed by atoms with van der Waals surface area (Å²) in [6, 6.07) is 10.2. The lowest BCUT2D eigenvalue weighted by Crippen LogP contribution is -2.36. The van der Waals surface area contributed by atoms with Gasteiger partial charge < -0.3 is 0 Å². The molecule has 0 atom stereocenters. The van der Waals surface area contributed by atoms with Crippen molar-refractivity contribution in [2.45, 2.75) is 24.1 Å². The van der Waals surface area contributed by atoms with Crippen LogP contribution >= 0.6 is 15.9 Å². The van der Waals surface area contributed by atoms with E-state index in [9.17, 15) is 17.6 Å². The summed E-state index contributed by atoms with van der Waals surface area (Å²) < 4.78 is 57.4. The molecular formula is C16H13BrF4. The highest BCUT2D eigenvalue weighted by Crippen LogP contribution is 2.50. The third-order valence-corrected chi connectivity index (χ3v) is 4.06. The molecule has 5 heteroatoms. The van der Waals surface area contributed by atoms with Gasteiger partial charge in [0.2, 0.25) is 0 Å². The van der Waals surface area contributed by atoms with Gasteiger partial charge in [0, 0.05) is 16.5 Å². The first-order valence-electron chi connectivity index (χ1n) is 6.28. The maximum Gasteiger partial charge on any atom is 0.340 e. The van der Waals surface area contributed by atoms with Crippen LogP contribution < -0.4 is 0 Å². The van der Waals surface area contributed by atoms with Crippen LogP contribution in [0.4, 0.5) is 17.6 Å². The molecule has 0 fully saturated rings. The highest BCUT2D eigenvalue weighted by molar-refractivity contribution is 9.08. The Morgan fingerprint density at radius 3 is 2.05 bits per heavy atom. The largest absolute Gasteiger partial charge is 0.340 e. The van der Waals surface area contributed by atoms with Crippen LogP contribution in [-0.2, 0) is 17.2 Å². The zero-order chi connectivity index (χ0) is 15.7. The molecule has 0 spiro atoms. The minimum atomic E-state index is -4.28. The van der Waals surface area contributed by atoms with Crippen molar-refractivity contribution in [3.8, 4) is 0 Å². The van der Waals surface area contributed by atoms with Crippen LogP contribution in [0, 0.1) is 6.92 Å². The zero-order valence-electron chi connectivity index (χ0n) is 11.2. The predicted octanol–water partition coefficient (Wildman–Crippen LogP) is 5.77. The molecule has 0 saturated heterocycles. The summed E-state index contributed by atoms with van der Waals surface area (Å²) in [6.07, 6.45) is 0. The summed E-state index contributed by atoms with van der Waals surface area (Å²) in [5, 5.41) is 0.333. The second-order valence-corrected chi connectivity index (χ2v) is 5.30. The summed E-state index contributed by atoms with van der Waals surface area (Å²) in [5.74, 6) is -8.55. The Morgan fingerprint density at radius 2 is 1.48 bits per heavy atom. The Kier molecular flexibility index (Phi) is 4.42. The summed E-state index contributed by atoms with van der Waals surface area (Å²) in [5.41, 5.74) is -0.599. The van der Waals surface area contributed by atoms with E-state index in [2.05, 4.69) is 15.9 Å². The molecule has 0 saturated carbocycles. The fourth-order valence-corrected chi connectivity index (χ4v) is 2.77. The summed E-state index contributed by atoms with van der Waals surface area (Å²) in [4.78, 5) is 0. The molecule has 0 nitrogen and oxygen atoms in total. The zero-order valence-corrected chi connectivity index (χ0v) is 12.8. The molecule has 112 valence electrons. The molecule has 0 heterocycles. The molecule has 0 unspecified atom stereocenters. The summed E-state index contributed by atoms with van der Waals surface area (Å²) in [7, 11) is 0. The van der Waals surface area contributed by atoms with E-state index in [0.29, 0.717) is 10.9 Å². The second-order valence-electron chi connectivity index (χ2n) is 4.74. The van der Waals surface area contributed by atoms with Crippen LogP contribution in [0.3, 0.4) is 0 Å². The normalized spacial score (nSPS) is 12.5. The average Bonchev–Trinajstić information content (AvgIpc) is 2.48. The van der Waals surface area contributed by atoms with E-state index in [0.717, 1.165) is 18.2 Å². The molecule has 0 bridgehead atoms. The van der Waals surface area contributed by atoms with Crippen LogP contribution in [0.5, 0.6) is 0 Å². The van der Waals surface area contributed by atoms with Crippen molar-refractivity contribution >= 4 is 15.9 Å². The molecular weight excluding hydrogens is 348 g/mol.